The summed E-state index contributed by atoms with van der Waals surface area (Å²) >= 11 is 2.25. The van der Waals surface area contributed by atoms with E-state index in [1.165, 1.54) is 0 Å². The summed E-state index contributed by atoms with van der Waals surface area (Å²) in [5.41, 5.74) is 5.10. The van der Waals surface area contributed by atoms with Crippen molar-refractivity contribution in [2.75, 3.05) is 0 Å². The van der Waals surface area contributed by atoms with E-state index in [9.17, 15) is 9.59 Å². The molecule has 0 saturated heterocycles. The van der Waals surface area contributed by atoms with Gasteiger partial charge in [0.15, 0.2) is 0 Å². The van der Waals surface area contributed by atoms with Crippen LogP contribution in [0, 0.1) is 0 Å². The average molecular weight is 209 g/mol. The van der Waals surface area contributed by atoms with E-state index in [1.807, 2.05) is 0 Å². The van der Waals surface area contributed by atoms with Crippen LogP contribution in [-0.2, 0) is 9.59 Å². The summed E-state index contributed by atoms with van der Waals surface area (Å²) in [4.78, 5) is 20.3. The predicted octanol–water partition coefficient (Wildman–Crippen LogP) is -1.13. The van der Waals surface area contributed by atoms with Crippen molar-refractivity contribution in [3.05, 3.63) is 0 Å². The quantitative estimate of drug-likeness (QED) is 0.574. The van der Waals surface area contributed by atoms with Crippen molar-refractivity contribution in [2.45, 2.75) is 18.9 Å². The maximum absolute atomic E-state index is 10.3. The van der Waals surface area contributed by atoms with Crippen LogP contribution in [0.5, 0.6) is 0 Å². The average Bonchev–Trinajstić information content (AvgIpc) is 1.82. The van der Waals surface area contributed by atoms with Crippen molar-refractivity contribution < 1.29 is 14.7 Å². The van der Waals surface area contributed by atoms with Crippen LogP contribution < -0.4 is 5.73 Å². The Hall–Kier alpha value is -0.381. The summed E-state index contributed by atoms with van der Waals surface area (Å²) in [6.07, 6.45) is 0.384. The van der Waals surface area contributed by atoms with E-state index >= 15 is 0 Å². The van der Waals surface area contributed by atoms with Gasteiger partial charge in [0.1, 0.15) is 0 Å². The molecule has 0 rings (SSSR count). The first-order valence-corrected chi connectivity index (χ1v) is 3.58. The van der Waals surface area contributed by atoms with Gasteiger partial charge in [-0.2, -0.15) is 0 Å². The van der Waals surface area contributed by atoms with E-state index in [4.69, 9.17) is 10.8 Å². The van der Waals surface area contributed by atoms with E-state index in [1.54, 1.807) is 0 Å². The maximum atomic E-state index is 10.3. The summed E-state index contributed by atoms with van der Waals surface area (Å²) in [7, 11) is 0. The fourth-order valence-electron chi connectivity index (χ4n) is 0.397. The van der Waals surface area contributed by atoms with Crippen molar-refractivity contribution in [1.82, 2.24) is 0 Å². The number of hydrogen-bond acceptors (Lipinski definition) is 3. The van der Waals surface area contributed by atoms with Gasteiger partial charge in [0.25, 0.3) is 0 Å². The Kier molecular flexibility index (Phi) is 4.27. The Morgan fingerprint density at radius 2 is 2.10 bits per heavy atom. The zero-order chi connectivity index (χ0) is 8.15. The molecule has 0 saturated carbocycles. The normalized spacial score (nSPS) is 12.5. The number of nitrogens with two attached hydrogens (primary N) is 1. The summed E-state index contributed by atoms with van der Waals surface area (Å²) < 4.78 is -0.156. The molecule has 0 aromatic rings. The number of rotatable bonds is 4. The van der Waals surface area contributed by atoms with E-state index in [0.717, 1.165) is 0 Å². The fourth-order valence-corrected chi connectivity index (χ4v) is 0.644. The van der Waals surface area contributed by atoms with Gasteiger partial charge in [0, 0.05) is 0 Å². The molecule has 1 radical (unpaired) electrons. The summed E-state index contributed by atoms with van der Waals surface area (Å²) in [6.45, 7) is 0. The molecule has 0 fully saturated rings. The molecule has 0 spiro atoms. The number of hydrogen-bond donors (Lipinski definition) is 2. The van der Waals surface area contributed by atoms with Gasteiger partial charge < -0.3 is 0 Å². The van der Waals surface area contributed by atoms with Gasteiger partial charge in [-0.1, -0.05) is 0 Å². The van der Waals surface area contributed by atoms with Crippen LogP contribution >= 0.6 is 0 Å². The Labute approximate surface area is 66.6 Å². The molecule has 0 bridgehead atoms. The van der Waals surface area contributed by atoms with Gasteiger partial charge >= 0.3 is 66.0 Å². The Morgan fingerprint density at radius 3 is 2.40 bits per heavy atom. The van der Waals surface area contributed by atoms with Crippen LogP contribution in [0.2, 0.25) is 0 Å². The second-order valence-electron chi connectivity index (χ2n) is 1.86. The number of carboxylic acids is 1. The van der Waals surface area contributed by atoms with Gasteiger partial charge in [0.05, 0.1) is 0 Å². The number of carbonyl (C=O) groups is 2. The van der Waals surface area contributed by atoms with Crippen LogP contribution in [0.1, 0.15) is 12.8 Å². The first-order chi connectivity index (χ1) is 4.54. The van der Waals surface area contributed by atoms with Crippen molar-refractivity contribution in [2.24, 2.45) is 5.73 Å². The molecule has 0 aromatic carbocycles. The molecule has 0 aliphatic carbocycles. The molecule has 0 heterocycles. The first-order valence-electron chi connectivity index (χ1n) is 2.72. The van der Waals surface area contributed by atoms with E-state index in [0.29, 0.717) is 0 Å². The van der Waals surface area contributed by atoms with Crippen LogP contribution in [0.25, 0.3) is 0 Å². The molecule has 0 aromatic heterocycles. The van der Waals surface area contributed by atoms with Gasteiger partial charge in [0.2, 0.25) is 0 Å². The minimum atomic E-state index is -1.07. The molecule has 1 atom stereocenters. The van der Waals surface area contributed by atoms with Gasteiger partial charge in [-0.05, 0) is 0 Å². The second kappa shape index (κ2) is 4.44. The summed E-state index contributed by atoms with van der Waals surface area (Å²) in [6, 6.07) is -0.919. The van der Waals surface area contributed by atoms with Crippen molar-refractivity contribution in [3.63, 3.8) is 0 Å². The minimum absolute atomic E-state index is 0.156. The van der Waals surface area contributed by atoms with Crippen LogP contribution in [0.15, 0.2) is 0 Å². The fraction of sp³-hybridized carbons (Fsp3) is 0.600. The number of aliphatic carboxylic acids is 1. The van der Waals surface area contributed by atoms with E-state index < -0.39 is 12.0 Å². The van der Waals surface area contributed by atoms with Gasteiger partial charge in [-0.3, -0.25) is 0 Å². The molecular formula is C5H8NO3Se. The zero-order valence-corrected chi connectivity index (χ0v) is 6.95. The molecule has 4 nitrogen and oxygen atoms in total. The standard InChI is InChI=1S/C5H8NO3Se/c6-3(5(8)9)1-2-4(7)10/h3H,1-2,6H2,(H,8,9)/t3-/m0/s1. The van der Waals surface area contributed by atoms with Gasteiger partial charge in [-0.15, -0.1) is 0 Å². The van der Waals surface area contributed by atoms with E-state index in [-0.39, 0.29) is 17.5 Å². The van der Waals surface area contributed by atoms with Crippen molar-refractivity contribution in [1.29, 1.82) is 0 Å². The summed E-state index contributed by atoms with van der Waals surface area (Å²) in [5, 5.41) is 8.25. The Morgan fingerprint density at radius 1 is 1.60 bits per heavy atom. The topological polar surface area (TPSA) is 80.4 Å². The monoisotopic (exact) mass is 210 g/mol. The Bertz CT molecular complexity index is 148. The molecule has 0 aliphatic rings. The molecular weight excluding hydrogens is 201 g/mol. The predicted molar refractivity (Wildman–Crippen MR) is 35.6 cm³/mol. The molecule has 57 valence electrons. The van der Waals surface area contributed by atoms with Crippen molar-refractivity contribution >= 4 is 26.7 Å². The van der Waals surface area contributed by atoms with E-state index in [2.05, 4.69) is 16.0 Å². The van der Waals surface area contributed by atoms with Crippen LogP contribution in [-0.4, -0.2) is 37.8 Å². The molecule has 0 aliphatic heterocycles. The Balaban J connectivity index is 3.49. The van der Waals surface area contributed by atoms with Crippen molar-refractivity contribution in [3.8, 4) is 0 Å². The zero-order valence-electron chi connectivity index (χ0n) is 5.24. The molecule has 5 heteroatoms. The van der Waals surface area contributed by atoms with Crippen LogP contribution in [0.4, 0.5) is 0 Å². The third kappa shape index (κ3) is 4.49. The van der Waals surface area contributed by atoms with Crippen LogP contribution in [0.3, 0.4) is 0 Å². The first kappa shape index (κ1) is 9.62. The second-order valence-corrected chi connectivity index (χ2v) is 2.81. The third-order valence-corrected chi connectivity index (χ3v) is 1.40. The summed E-state index contributed by atoms with van der Waals surface area (Å²) in [5.74, 6) is -1.07. The molecule has 3 N–H and O–H groups in total. The molecule has 0 unspecified atom stereocenters. The third-order valence-electron chi connectivity index (χ3n) is 0.977. The molecule has 0 amide bonds. The SMILES string of the molecule is N[C@@H](CCC(=O)[Se])C(=O)O. The number of carbonyl (C=O) groups excluding carboxylic acids is 1. The number of carboxylic acid groups (broad SMARTS) is 1. The molecule has 10 heavy (non-hydrogen) atoms. The van der Waals surface area contributed by atoms with Gasteiger partial charge in [-0.25, -0.2) is 0 Å².